The van der Waals surface area contributed by atoms with Crippen molar-refractivity contribution in [1.29, 1.82) is 0 Å². The minimum Gasteiger partial charge on any atom is -0.364 e. The van der Waals surface area contributed by atoms with E-state index in [1.54, 1.807) is 24.0 Å². The van der Waals surface area contributed by atoms with Gasteiger partial charge in [-0.3, -0.25) is 19.2 Å². The quantitative estimate of drug-likeness (QED) is 0.797. The van der Waals surface area contributed by atoms with E-state index < -0.39 is 5.91 Å². The second-order valence-electron chi connectivity index (χ2n) is 6.30. The Bertz CT molecular complexity index is 762. The number of carbonyl (C=O) groups is 2. The Morgan fingerprint density at radius 3 is 2.83 bits per heavy atom. The smallest absolute Gasteiger partial charge is 0.269 e. The summed E-state index contributed by atoms with van der Waals surface area (Å²) in [5.74, 6) is -0.569. The van der Waals surface area contributed by atoms with Gasteiger partial charge in [-0.2, -0.15) is 5.10 Å². The maximum Gasteiger partial charge on any atom is 0.269 e. The molecule has 0 aliphatic carbocycles. The van der Waals surface area contributed by atoms with Crippen LogP contribution in [-0.2, 0) is 20.6 Å². The van der Waals surface area contributed by atoms with Gasteiger partial charge in [0.2, 0.25) is 0 Å². The molecule has 0 spiro atoms. The lowest BCUT2D eigenvalue weighted by Crippen LogP contribution is -2.36. The van der Waals surface area contributed by atoms with Gasteiger partial charge in [0.25, 0.3) is 11.8 Å². The second kappa shape index (κ2) is 6.48. The van der Waals surface area contributed by atoms with Crippen molar-refractivity contribution in [3.05, 3.63) is 41.5 Å². The van der Waals surface area contributed by atoms with Crippen LogP contribution in [0.25, 0.3) is 0 Å². The highest BCUT2D eigenvalue weighted by Crippen LogP contribution is 2.16. The van der Waals surface area contributed by atoms with Gasteiger partial charge in [0.15, 0.2) is 5.69 Å². The number of nitrogens with one attached hydrogen (secondary N) is 1. The van der Waals surface area contributed by atoms with Crippen molar-refractivity contribution < 1.29 is 9.59 Å². The van der Waals surface area contributed by atoms with E-state index in [2.05, 4.69) is 15.3 Å². The molecule has 3 N–H and O–H groups in total. The molecule has 3 heterocycles. The highest BCUT2D eigenvalue weighted by molar-refractivity contribution is 5.94. The first kappa shape index (κ1) is 16.3. The number of aromatic nitrogens is 3. The van der Waals surface area contributed by atoms with Crippen molar-refractivity contribution in [2.75, 3.05) is 13.1 Å². The Morgan fingerprint density at radius 1 is 1.38 bits per heavy atom. The Balaban J connectivity index is 1.58. The zero-order valence-electron chi connectivity index (χ0n) is 13.9. The average molecular weight is 330 g/mol. The Kier molecular flexibility index (Phi) is 4.39. The van der Waals surface area contributed by atoms with Gasteiger partial charge in [-0.15, -0.1) is 0 Å². The molecule has 0 radical (unpaired) electrons. The number of hydrogen-bond acceptors (Lipinski definition) is 4. The van der Waals surface area contributed by atoms with Crippen LogP contribution in [0.15, 0.2) is 24.7 Å². The van der Waals surface area contributed by atoms with Crippen LogP contribution in [0.2, 0.25) is 0 Å². The lowest BCUT2D eigenvalue weighted by Gasteiger charge is -2.16. The standard InChI is InChI=1S/C16H22N6O2/c1-20-5-3-11(7-20)16(24)18-13-4-6-22(10-13)9-12-8-21(2)19-14(12)15(17)23/h3,5,7-8,13H,4,6,9-10H2,1-2H3,(H2,17,23)(H,18,24). The topological polar surface area (TPSA) is 98.2 Å². The average Bonchev–Trinajstić information content (AvgIpc) is 3.20. The number of primary amides is 1. The molecule has 1 fully saturated rings. The van der Waals surface area contributed by atoms with Crippen LogP contribution >= 0.6 is 0 Å². The van der Waals surface area contributed by atoms with Crippen molar-refractivity contribution in [3.8, 4) is 0 Å². The van der Waals surface area contributed by atoms with Crippen molar-refractivity contribution in [3.63, 3.8) is 0 Å². The van der Waals surface area contributed by atoms with Crippen molar-refractivity contribution in [1.82, 2.24) is 24.6 Å². The van der Waals surface area contributed by atoms with Gasteiger partial charge >= 0.3 is 0 Å². The van der Waals surface area contributed by atoms with E-state index in [0.717, 1.165) is 25.1 Å². The fraction of sp³-hybridized carbons (Fsp3) is 0.438. The highest BCUT2D eigenvalue weighted by Gasteiger charge is 2.26. The van der Waals surface area contributed by atoms with E-state index >= 15 is 0 Å². The minimum absolute atomic E-state index is 0.0540. The molecule has 8 heteroatoms. The number of amides is 2. The summed E-state index contributed by atoms with van der Waals surface area (Å²) >= 11 is 0. The number of rotatable bonds is 5. The van der Waals surface area contributed by atoms with Gasteiger partial charge in [-0.1, -0.05) is 0 Å². The molecule has 24 heavy (non-hydrogen) atoms. The van der Waals surface area contributed by atoms with Gasteiger partial charge < -0.3 is 15.6 Å². The fourth-order valence-corrected chi connectivity index (χ4v) is 3.10. The molecule has 1 aliphatic heterocycles. The normalized spacial score (nSPS) is 18.0. The highest BCUT2D eigenvalue weighted by atomic mass is 16.2. The van der Waals surface area contributed by atoms with Gasteiger partial charge in [0.1, 0.15) is 0 Å². The predicted octanol–water partition coefficient (Wildman–Crippen LogP) is -0.138. The van der Waals surface area contributed by atoms with Gasteiger partial charge in [-0.05, 0) is 12.5 Å². The summed E-state index contributed by atoms with van der Waals surface area (Å²) in [4.78, 5) is 25.8. The number of nitrogens with two attached hydrogens (primary N) is 1. The van der Waals surface area contributed by atoms with E-state index in [1.807, 2.05) is 24.0 Å². The van der Waals surface area contributed by atoms with Crippen molar-refractivity contribution in [2.45, 2.75) is 19.0 Å². The number of hydrogen-bond donors (Lipinski definition) is 2. The molecule has 0 aromatic carbocycles. The molecular weight excluding hydrogens is 308 g/mol. The third kappa shape index (κ3) is 3.48. The van der Waals surface area contributed by atoms with Crippen LogP contribution in [0.4, 0.5) is 0 Å². The predicted molar refractivity (Wildman–Crippen MR) is 88.3 cm³/mol. The van der Waals surface area contributed by atoms with Gasteiger partial charge in [-0.25, -0.2) is 0 Å². The molecule has 3 rings (SSSR count). The molecule has 1 saturated heterocycles. The van der Waals surface area contributed by atoms with Crippen LogP contribution in [0.5, 0.6) is 0 Å². The van der Waals surface area contributed by atoms with Crippen molar-refractivity contribution in [2.24, 2.45) is 19.8 Å². The van der Waals surface area contributed by atoms with E-state index in [4.69, 9.17) is 5.73 Å². The summed E-state index contributed by atoms with van der Waals surface area (Å²) in [7, 11) is 3.65. The fourth-order valence-electron chi connectivity index (χ4n) is 3.10. The molecular formula is C16H22N6O2. The van der Waals surface area contributed by atoms with Gasteiger partial charge in [0.05, 0.1) is 5.56 Å². The van der Waals surface area contributed by atoms with Crippen LogP contribution < -0.4 is 11.1 Å². The Labute approximate surface area is 140 Å². The maximum atomic E-state index is 12.2. The van der Waals surface area contributed by atoms with Crippen LogP contribution in [-0.4, -0.2) is 50.2 Å². The molecule has 128 valence electrons. The summed E-state index contributed by atoms with van der Waals surface area (Å²) in [5, 5.41) is 7.17. The number of carbonyl (C=O) groups excluding carboxylic acids is 2. The van der Waals surface area contributed by atoms with E-state index in [0.29, 0.717) is 17.8 Å². The Morgan fingerprint density at radius 2 is 2.17 bits per heavy atom. The summed E-state index contributed by atoms with van der Waals surface area (Å²) in [5.41, 5.74) is 7.17. The molecule has 2 amide bonds. The molecule has 1 atom stereocenters. The first-order chi connectivity index (χ1) is 11.4. The SMILES string of the molecule is Cn1ccc(C(=O)NC2CCN(Cc3cn(C)nc3C(N)=O)C2)c1. The van der Waals surface area contributed by atoms with Crippen LogP contribution in [0, 0.1) is 0 Å². The third-order valence-electron chi connectivity index (χ3n) is 4.23. The molecule has 2 aromatic heterocycles. The summed E-state index contributed by atoms with van der Waals surface area (Å²) in [6.07, 6.45) is 6.35. The Hall–Kier alpha value is -2.61. The summed E-state index contributed by atoms with van der Waals surface area (Å²) < 4.78 is 3.45. The van der Waals surface area contributed by atoms with E-state index in [-0.39, 0.29) is 11.9 Å². The zero-order valence-corrected chi connectivity index (χ0v) is 13.9. The summed E-state index contributed by atoms with van der Waals surface area (Å²) in [6, 6.07) is 1.91. The monoisotopic (exact) mass is 330 g/mol. The third-order valence-corrected chi connectivity index (χ3v) is 4.23. The largest absolute Gasteiger partial charge is 0.364 e. The van der Waals surface area contributed by atoms with E-state index in [9.17, 15) is 9.59 Å². The molecule has 1 unspecified atom stereocenters. The lowest BCUT2D eigenvalue weighted by molar-refractivity contribution is 0.0937. The maximum absolute atomic E-state index is 12.2. The van der Waals surface area contributed by atoms with E-state index in [1.165, 1.54) is 0 Å². The molecule has 0 saturated carbocycles. The zero-order chi connectivity index (χ0) is 17.3. The van der Waals surface area contributed by atoms with Crippen LogP contribution in [0.1, 0.15) is 32.8 Å². The first-order valence-electron chi connectivity index (χ1n) is 7.90. The minimum atomic E-state index is -0.515. The van der Waals surface area contributed by atoms with Crippen molar-refractivity contribution >= 4 is 11.8 Å². The van der Waals surface area contributed by atoms with Gasteiger partial charge in [0, 0.05) is 63.9 Å². The molecule has 2 aromatic rings. The number of likely N-dealkylation sites (tertiary alicyclic amines) is 1. The summed E-state index contributed by atoms with van der Waals surface area (Å²) in [6.45, 7) is 2.20. The number of aryl methyl sites for hydroxylation is 2. The number of nitrogens with zero attached hydrogens (tertiary/aromatic N) is 4. The lowest BCUT2D eigenvalue weighted by atomic mass is 10.2. The molecule has 0 bridgehead atoms. The molecule has 8 nitrogen and oxygen atoms in total. The second-order valence-corrected chi connectivity index (χ2v) is 6.30. The molecule has 1 aliphatic rings. The first-order valence-corrected chi connectivity index (χ1v) is 7.90. The van der Waals surface area contributed by atoms with Crippen LogP contribution in [0.3, 0.4) is 0 Å².